The Morgan fingerprint density at radius 2 is 1.44 bits per heavy atom. The average Bonchev–Trinajstić information content (AvgIpc) is 2.59. The fraction of sp³-hybridized carbons (Fsp3) is 1.00. The molecule has 5 heteroatoms. The number of alkyl halides is 3. The molecule has 1 aliphatic carbocycles. The normalized spacial score (nSPS) is 31.2. The summed E-state index contributed by atoms with van der Waals surface area (Å²) in [5.41, 5.74) is 0. The summed E-state index contributed by atoms with van der Waals surface area (Å²) in [6.07, 6.45) is 7.45. The lowest BCUT2D eigenvalue weighted by Gasteiger charge is -2.37. The van der Waals surface area contributed by atoms with E-state index in [1.54, 1.807) is 0 Å². The van der Waals surface area contributed by atoms with Crippen LogP contribution in [0.4, 0.5) is 13.2 Å². The van der Waals surface area contributed by atoms with Gasteiger partial charge in [-0.2, -0.15) is 13.2 Å². The quantitative estimate of drug-likeness (QED) is 0.436. The summed E-state index contributed by atoms with van der Waals surface area (Å²) in [4.78, 5) is 0. The molecule has 25 heavy (non-hydrogen) atoms. The summed E-state index contributed by atoms with van der Waals surface area (Å²) >= 11 is 0. The molecule has 2 nitrogen and oxygen atoms in total. The van der Waals surface area contributed by atoms with Gasteiger partial charge in [-0.15, -0.1) is 0 Å². The second kappa shape index (κ2) is 10.8. The van der Waals surface area contributed by atoms with Crippen LogP contribution in [-0.2, 0) is 9.47 Å². The van der Waals surface area contributed by atoms with Crippen molar-refractivity contribution < 1.29 is 22.6 Å². The molecule has 1 heterocycles. The molecular weight excluding hydrogens is 329 g/mol. The van der Waals surface area contributed by atoms with Crippen LogP contribution in [0, 0.1) is 17.8 Å². The third-order valence-electron chi connectivity index (χ3n) is 5.81. The minimum atomic E-state index is -4.05. The second-order valence-corrected chi connectivity index (χ2v) is 8.04. The van der Waals surface area contributed by atoms with Crippen molar-refractivity contribution in [3.05, 3.63) is 0 Å². The molecule has 1 saturated heterocycles. The highest BCUT2D eigenvalue weighted by Crippen LogP contribution is 2.36. The minimum Gasteiger partial charge on any atom is -0.352 e. The lowest BCUT2D eigenvalue weighted by atomic mass is 9.79. The summed E-state index contributed by atoms with van der Waals surface area (Å²) in [6, 6.07) is 0. The summed E-state index contributed by atoms with van der Waals surface area (Å²) in [6.45, 7) is 3.36. The third-order valence-corrected chi connectivity index (χ3v) is 5.81. The highest BCUT2D eigenvalue weighted by Gasteiger charge is 2.33. The summed E-state index contributed by atoms with van der Waals surface area (Å²) < 4.78 is 48.3. The largest absolute Gasteiger partial charge is 0.389 e. The minimum absolute atomic E-state index is 0.119. The Kier molecular flexibility index (Phi) is 9.05. The van der Waals surface area contributed by atoms with E-state index in [4.69, 9.17) is 9.47 Å². The van der Waals surface area contributed by atoms with Gasteiger partial charge in [0.1, 0.15) is 0 Å². The van der Waals surface area contributed by atoms with Crippen LogP contribution in [0.15, 0.2) is 0 Å². The molecule has 0 aromatic heterocycles. The predicted molar refractivity (Wildman–Crippen MR) is 93.3 cm³/mol. The molecule has 0 N–H and O–H groups in total. The Morgan fingerprint density at radius 1 is 0.800 bits per heavy atom. The molecule has 2 rings (SSSR count). The van der Waals surface area contributed by atoms with Gasteiger partial charge in [-0.05, 0) is 44.4 Å². The Balaban J connectivity index is 1.56. The molecule has 0 radical (unpaired) electrons. The Labute approximate surface area is 150 Å². The Morgan fingerprint density at radius 3 is 2.04 bits per heavy atom. The van der Waals surface area contributed by atoms with Crippen molar-refractivity contribution >= 4 is 0 Å². The van der Waals surface area contributed by atoms with Crippen molar-refractivity contribution in [2.24, 2.45) is 17.8 Å². The van der Waals surface area contributed by atoms with Gasteiger partial charge >= 0.3 is 6.18 Å². The van der Waals surface area contributed by atoms with Crippen LogP contribution >= 0.6 is 0 Å². The number of ether oxygens (including phenoxy) is 2. The highest BCUT2D eigenvalue weighted by atomic mass is 19.4. The van der Waals surface area contributed by atoms with Gasteiger partial charge in [-0.3, -0.25) is 0 Å². The number of hydrogen-bond acceptors (Lipinski definition) is 2. The molecule has 0 amide bonds. The monoisotopic (exact) mass is 364 g/mol. The zero-order valence-corrected chi connectivity index (χ0v) is 15.7. The topological polar surface area (TPSA) is 18.5 Å². The van der Waals surface area contributed by atoms with Crippen molar-refractivity contribution in [2.45, 2.75) is 96.4 Å². The first-order valence-corrected chi connectivity index (χ1v) is 10.3. The van der Waals surface area contributed by atoms with Gasteiger partial charge in [0.05, 0.1) is 13.2 Å². The molecule has 1 saturated carbocycles. The highest BCUT2D eigenvalue weighted by molar-refractivity contribution is 4.77. The van der Waals surface area contributed by atoms with Crippen LogP contribution in [0.3, 0.4) is 0 Å². The van der Waals surface area contributed by atoms with Crippen LogP contribution in [0.2, 0.25) is 0 Å². The van der Waals surface area contributed by atoms with E-state index in [1.807, 2.05) is 0 Å². The lowest BCUT2D eigenvalue weighted by Crippen LogP contribution is -2.38. The SMILES string of the molecule is CCCCCCC1CCC([C@H]2OC[C@H](CCCC(F)(F)F)CO2)CC1. The first-order chi connectivity index (χ1) is 12.0. The van der Waals surface area contributed by atoms with Crippen LogP contribution in [0.1, 0.15) is 84.0 Å². The van der Waals surface area contributed by atoms with Gasteiger partial charge in [0.25, 0.3) is 0 Å². The van der Waals surface area contributed by atoms with Crippen molar-refractivity contribution in [1.82, 2.24) is 0 Å². The van der Waals surface area contributed by atoms with Crippen molar-refractivity contribution in [3.63, 3.8) is 0 Å². The van der Waals surface area contributed by atoms with Gasteiger partial charge in [0, 0.05) is 18.3 Å². The molecule has 0 aromatic carbocycles. The zero-order chi connectivity index (χ0) is 18.1. The van der Waals surface area contributed by atoms with Crippen molar-refractivity contribution in [3.8, 4) is 0 Å². The maximum atomic E-state index is 12.2. The van der Waals surface area contributed by atoms with Gasteiger partial charge < -0.3 is 9.47 Å². The smallest absolute Gasteiger partial charge is 0.352 e. The summed E-state index contributed by atoms with van der Waals surface area (Å²) in [5, 5.41) is 0. The van der Waals surface area contributed by atoms with E-state index in [9.17, 15) is 13.2 Å². The van der Waals surface area contributed by atoms with E-state index >= 15 is 0 Å². The summed E-state index contributed by atoms with van der Waals surface area (Å²) in [7, 11) is 0. The third kappa shape index (κ3) is 8.29. The average molecular weight is 364 g/mol. The first kappa shape index (κ1) is 21.0. The van der Waals surface area contributed by atoms with Crippen molar-refractivity contribution in [1.29, 1.82) is 0 Å². The van der Waals surface area contributed by atoms with Gasteiger partial charge in [-0.1, -0.05) is 39.0 Å². The van der Waals surface area contributed by atoms with Crippen LogP contribution in [0.5, 0.6) is 0 Å². The van der Waals surface area contributed by atoms with Gasteiger partial charge in [0.15, 0.2) is 6.29 Å². The molecule has 148 valence electrons. The number of unbranched alkanes of at least 4 members (excludes halogenated alkanes) is 3. The maximum Gasteiger partial charge on any atom is 0.389 e. The van der Waals surface area contributed by atoms with Crippen LogP contribution in [0.25, 0.3) is 0 Å². The predicted octanol–water partition coefficient (Wildman–Crippen LogP) is 6.48. The van der Waals surface area contributed by atoms with E-state index in [0.29, 0.717) is 25.6 Å². The van der Waals surface area contributed by atoms with E-state index in [-0.39, 0.29) is 18.6 Å². The number of hydrogen-bond donors (Lipinski definition) is 0. The molecular formula is C20H35F3O2. The lowest BCUT2D eigenvalue weighted by molar-refractivity contribution is -0.230. The molecule has 1 aliphatic heterocycles. The Bertz CT molecular complexity index is 343. The molecule has 0 atom stereocenters. The number of halogens is 3. The van der Waals surface area contributed by atoms with Crippen LogP contribution in [-0.4, -0.2) is 25.7 Å². The first-order valence-electron chi connectivity index (χ1n) is 10.3. The van der Waals surface area contributed by atoms with E-state index in [1.165, 1.54) is 57.8 Å². The van der Waals surface area contributed by atoms with Crippen molar-refractivity contribution in [2.75, 3.05) is 13.2 Å². The van der Waals surface area contributed by atoms with Crippen LogP contribution < -0.4 is 0 Å². The summed E-state index contributed by atoms with van der Waals surface area (Å²) in [5.74, 6) is 1.46. The van der Waals surface area contributed by atoms with E-state index < -0.39 is 12.6 Å². The molecule has 0 aromatic rings. The zero-order valence-electron chi connectivity index (χ0n) is 15.7. The molecule has 2 fully saturated rings. The second-order valence-electron chi connectivity index (χ2n) is 8.04. The molecule has 0 bridgehead atoms. The maximum absolute atomic E-state index is 12.2. The Hall–Kier alpha value is -0.290. The molecule has 0 spiro atoms. The standard InChI is InChI=1S/C20H35F3O2/c1-2-3-4-5-7-16-9-11-18(12-10-16)19-24-14-17(15-25-19)8-6-13-20(21,22)23/h16-19H,2-15H2,1H3/t16?,17-,18?,19-. The van der Waals surface area contributed by atoms with Gasteiger partial charge in [0.2, 0.25) is 0 Å². The fourth-order valence-corrected chi connectivity index (χ4v) is 4.20. The molecule has 0 unspecified atom stereocenters. The fourth-order valence-electron chi connectivity index (χ4n) is 4.20. The number of rotatable bonds is 9. The van der Waals surface area contributed by atoms with E-state index in [0.717, 1.165) is 5.92 Å². The van der Waals surface area contributed by atoms with E-state index in [2.05, 4.69) is 6.92 Å². The molecule has 2 aliphatic rings. The van der Waals surface area contributed by atoms with Gasteiger partial charge in [-0.25, -0.2) is 0 Å².